The van der Waals surface area contributed by atoms with Gasteiger partial charge in [0.1, 0.15) is 5.75 Å². The Balaban J connectivity index is 1.15. The maximum Gasteiger partial charge on any atom is 0.343 e. The fraction of sp³-hybridized carbons (Fsp3) is 0.219. The molecule has 1 saturated heterocycles. The van der Waals surface area contributed by atoms with Crippen molar-refractivity contribution in [3.05, 3.63) is 107 Å². The molecule has 0 radical (unpaired) electrons. The van der Waals surface area contributed by atoms with Crippen molar-refractivity contribution in [2.24, 2.45) is 11.8 Å². The van der Waals surface area contributed by atoms with E-state index in [0.717, 1.165) is 11.1 Å². The highest BCUT2D eigenvalue weighted by atomic mass is 16.5. The number of hydrogen-bond acceptors (Lipinski definition) is 7. The molecule has 0 N–H and O–H groups in total. The topological polar surface area (TPSA) is 107 Å². The molecule has 1 aliphatic carbocycles. The van der Waals surface area contributed by atoms with Gasteiger partial charge in [-0.05, 0) is 87.4 Å². The van der Waals surface area contributed by atoms with Crippen LogP contribution in [-0.2, 0) is 14.3 Å². The number of ether oxygens (including phenoxy) is 2. The molecule has 1 fully saturated rings. The Morgan fingerprint density at radius 1 is 0.750 bits per heavy atom. The molecule has 2 atom stereocenters. The standard InChI is InChI=1S/C32H27NO7/c1-19-3-6-23(7-4-19)32(38)40-25-14-10-21(11-15-25)28(34)18-39-31(37)22-8-12-24(13-9-22)33-29(35)26-16-5-20(2)17-27(26)30(33)36/h3-15,26-27H,16-18H2,1-2H3. The van der Waals surface area contributed by atoms with Crippen molar-refractivity contribution >= 4 is 35.2 Å². The van der Waals surface area contributed by atoms with Crippen LogP contribution in [0.2, 0.25) is 0 Å². The number of ketones is 1. The van der Waals surface area contributed by atoms with Gasteiger partial charge in [-0.25, -0.2) is 9.59 Å². The Morgan fingerprint density at radius 2 is 1.32 bits per heavy atom. The summed E-state index contributed by atoms with van der Waals surface area (Å²) in [5, 5.41) is 0. The van der Waals surface area contributed by atoms with E-state index in [-0.39, 0.29) is 40.5 Å². The third-order valence-corrected chi connectivity index (χ3v) is 7.19. The number of esters is 2. The van der Waals surface area contributed by atoms with E-state index in [1.54, 1.807) is 12.1 Å². The Morgan fingerprint density at radius 3 is 2.00 bits per heavy atom. The summed E-state index contributed by atoms with van der Waals surface area (Å²) in [5.41, 5.74) is 3.42. The van der Waals surface area contributed by atoms with Gasteiger partial charge in [0.25, 0.3) is 0 Å². The fourth-order valence-electron chi connectivity index (χ4n) is 4.90. The molecule has 0 bridgehead atoms. The zero-order valence-corrected chi connectivity index (χ0v) is 22.1. The Labute approximate surface area is 231 Å². The van der Waals surface area contributed by atoms with Crippen LogP contribution in [0.3, 0.4) is 0 Å². The van der Waals surface area contributed by atoms with Gasteiger partial charge in [-0.1, -0.05) is 29.3 Å². The monoisotopic (exact) mass is 537 g/mol. The average molecular weight is 538 g/mol. The Hall–Kier alpha value is -4.85. The average Bonchev–Trinajstić information content (AvgIpc) is 3.20. The molecular weight excluding hydrogens is 510 g/mol. The minimum atomic E-state index is -0.712. The zero-order valence-electron chi connectivity index (χ0n) is 22.1. The molecule has 5 rings (SSSR count). The third-order valence-electron chi connectivity index (χ3n) is 7.19. The summed E-state index contributed by atoms with van der Waals surface area (Å²) in [6.07, 6.45) is 3.13. The number of allylic oxidation sites excluding steroid dienone is 2. The molecule has 3 aromatic carbocycles. The summed E-state index contributed by atoms with van der Waals surface area (Å²) in [6, 6.07) is 18.9. The molecule has 0 aromatic heterocycles. The molecule has 202 valence electrons. The molecule has 2 unspecified atom stereocenters. The highest BCUT2D eigenvalue weighted by Crippen LogP contribution is 2.39. The van der Waals surface area contributed by atoms with Crippen LogP contribution in [0.5, 0.6) is 5.75 Å². The van der Waals surface area contributed by atoms with Crippen molar-refractivity contribution < 1.29 is 33.4 Å². The fourth-order valence-corrected chi connectivity index (χ4v) is 4.90. The molecule has 0 saturated carbocycles. The molecule has 40 heavy (non-hydrogen) atoms. The van der Waals surface area contributed by atoms with Crippen molar-refractivity contribution in [2.45, 2.75) is 26.7 Å². The van der Waals surface area contributed by atoms with Gasteiger partial charge in [-0.3, -0.25) is 19.3 Å². The minimum Gasteiger partial charge on any atom is -0.454 e. The van der Waals surface area contributed by atoms with Gasteiger partial charge in [0.05, 0.1) is 28.7 Å². The van der Waals surface area contributed by atoms with Crippen molar-refractivity contribution in [2.75, 3.05) is 11.5 Å². The van der Waals surface area contributed by atoms with E-state index in [4.69, 9.17) is 9.47 Å². The highest BCUT2D eigenvalue weighted by molar-refractivity contribution is 6.22. The summed E-state index contributed by atoms with van der Waals surface area (Å²) in [5.74, 6) is -2.52. The maximum absolute atomic E-state index is 12.9. The molecule has 1 aliphatic heterocycles. The van der Waals surface area contributed by atoms with Gasteiger partial charge < -0.3 is 9.47 Å². The van der Waals surface area contributed by atoms with Gasteiger partial charge in [-0.2, -0.15) is 0 Å². The number of aryl methyl sites for hydroxylation is 1. The lowest BCUT2D eigenvalue weighted by Gasteiger charge is -2.18. The summed E-state index contributed by atoms with van der Waals surface area (Å²) in [7, 11) is 0. The first-order valence-electron chi connectivity index (χ1n) is 12.9. The van der Waals surface area contributed by atoms with Crippen LogP contribution < -0.4 is 9.64 Å². The van der Waals surface area contributed by atoms with E-state index in [9.17, 15) is 24.0 Å². The van der Waals surface area contributed by atoms with E-state index >= 15 is 0 Å². The number of benzene rings is 3. The van der Waals surface area contributed by atoms with E-state index in [1.165, 1.54) is 53.4 Å². The van der Waals surface area contributed by atoms with Gasteiger partial charge in [0.15, 0.2) is 12.4 Å². The number of rotatable bonds is 7. The van der Waals surface area contributed by atoms with Crippen LogP contribution in [0.15, 0.2) is 84.4 Å². The van der Waals surface area contributed by atoms with E-state index in [2.05, 4.69) is 0 Å². The Bertz CT molecular complexity index is 1520. The highest BCUT2D eigenvalue weighted by Gasteiger charge is 2.48. The van der Waals surface area contributed by atoms with Crippen LogP contribution in [0.4, 0.5) is 5.69 Å². The number of nitrogens with zero attached hydrogens (tertiary/aromatic N) is 1. The molecule has 0 spiro atoms. The van der Waals surface area contributed by atoms with E-state index < -0.39 is 24.3 Å². The lowest BCUT2D eigenvalue weighted by Crippen LogP contribution is -2.30. The van der Waals surface area contributed by atoms with Crippen molar-refractivity contribution in [3.63, 3.8) is 0 Å². The molecular formula is C32H27NO7. The van der Waals surface area contributed by atoms with Gasteiger partial charge in [-0.15, -0.1) is 0 Å². The number of anilines is 1. The summed E-state index contributed by atoms with van der Waals surface area (Å²) in [6.45, 7) is 3.39. The number of amides is 2. The lowest BCUT2D eigenvalue weighted by atomic mass is 9.82. The molecule has 2 aliphatic rings. The molecule has 8 heteroatoms. The van der Waals surface area contributed by atoms with Crippen molar-refractivity contribution in [1.29, 1.82) is 0 Å². The first-order chi connectivity index (χ1) is 19.2. The summed E-state index contributed by atoms with van der Waals surface area (Å²) in [4.78, 5) is 64.3. The quantitative estimate of drug-likeness (QED) is 0.136. The van der Waals surface area contributed by atoms with Gasteiger partial charge >= 0.3 is 11.9 Å². The predicted octanol–water partition coefficient (Wildman–Crippen LogP) is 5.10. The third kappa shape index (κ3) is 5.47. The molecule has 1 heterocycles. The number of imide groups is 1. The van der Waals surface area contributed by atoms with Crippen molar-refractivity contribution in [1.82, 2.24) is 0 Å². The largest absolute Gasteiger partial charge is 0.454 e. The Kier molecular flexibility index (Phi) is 7.42. The number of hydrogen-bond donors (Lipinski definition) is 0. The summed E-state index contributed by atoms with van der Waals surface area (Å²) < 4.78 is 10.5. The van der Waals surface area contributed by atoms with Crippen LogP contribution in [-0.4, -0.2) is 36.1 Å². The lowest BCUT2D eigenvalue weighted by molar-refractivity contribution is -0.122. The van der Waals surface area contributed by atoms with Crippen LogP contribution in [0.1, 0.15) is 56.4 Å². The molecule has 8 nitrogen and oxygen atoms in total. The van der Waals surface area contributed by atoms with Gasteiger partial charge in [0, 0.05) is 5.56 Å². The first-order valence-corrected chi connectivity index (χ1v) is 12.9. The first kappa shape index (κ1) is 26.7. The van der Waals surface area contributed by atoms with Crippen LogP contribution in [0, 0.1) is 18.8 Å². The van der Waals surface area contributed by atoms with Crippen LogP contribution >= 0.6 is 0 Å². The number of carbonyl (C=O) groups excluding carboxylic acids is 5. The second-order valence-electron chi connectivity index (χ2n) is 10.0. The molecule has 3 aromatic rings. The SMILES string of the molecule is CC1=CCC2C(=O)N(c3ccc(C(=O)OCC(=O)c4ccc(OC(=O)c5ccc(C)cc5)cc4)cc3)C(=O)C2C1. The molecule has 2 amide bonds. The second-order valence-corrected chi connectivity index (χ2v) is 10.0. The zero-order chi connectivity index (χ0) is 28.4. The van der Waals surface area contributed by atoms with E-state index in [0.29, 0.717) is 24.1 Å². The maximum atomic E-state index is 12.9. The smallest absolute Gasteiger partial charge is 0.343 e. The van der Waals surface area contributed by atoms with Crippen molar-refractivity contribution in [3.8, 4) is 5.75 Å². The van der Waals surface area contributed by atoms with Crippen LogP contribution in [0.25, 0.3) is 0 Å². The minimum absolute atomic E-state index is 0.184. The second kappa shape index (κ2) is 11.1. The van der Waals surface area contributed by atoms with E-state index in [1.807, 2.05) is 32.1 Å². The number of carbonyl (C=O) groups is 5. The predicted molar refractivity (Wildman–Crippen MR) is 146 cm³/mol. The van der Waals surface area contributed by atoms with Gasteiger partial charge in [0.2, 0.25) is 11.8 Å². The number of fused-ring (bicyclic) bond motifs is 1. The normalized spacial score (nSPS) is 18.1. The summed E-state index contributed by atoms with van der Waals surface area (Å²) >= 11 is 0. The number of Topliss-reactive ketones (excluding diaryl/α,β-unsaturated/α-hetero) is 1.